The summed E-state index contributed by atoms with van der Waals surface area (Å²) >= 11 is 1.90. The molecule has 2 rings (SSSR count). The molecule has 0 radical (unpaired) electrons. The highest BCUT2D eigenvalue weighted by atomic mass is 32.2. The average Bonchev–Trinajstić information content (AvgIpc) is 2.46. The first kappa shape index (κ1) is 16.5. The second kappa shape index (κ2) is 7.38. The third-order valence-corrected chi connectivity index (χ3v) is 5.92. The Kier molecular flexibility index (Phi) is 5.79. The largest absolute Gasteiger partial charge is 0.480 e. The lowest BCUT2D eigenvalue weighted by Crippen LogP contribution is -2.59. The molecule has 5 nitrogen and oxygen atoms in total. The third kappa shape index (κ3) is 4.53. The molecule has 0 aromatic heterocycles. The summed E-state index contributed by atoms with van der Waals surface area (Å²) < 4.78 is 0. The van der Waals surface area contributed by atoms with E-state index in [0.717, 1.165) is 25.0 Å². The van der Waals surface area contributed by atoms with Crippen LogP contribution in [-0.2, 0) is 4.79 Å². The van der Waals surface area contributed by atoms with Crippen molar-refractivity contribution in [2.75, 3.05) is 12.3 Å². The molecule has 1 aliphatic heterocycles. The maximum atomic E-state index is 12.1. The van der Waals surface area contributed by atoms with Crippen molar-refractivity contribution in [1.29, 1.82) is 0 Å². The van der Waals surface area contributed by atoms with Crippen LogP contribution < -0.4 is 10.6 Å². The summed E-state index contributed by atoms with van der Waals surface area (Å²) in [6, 6.07) is -0.335. The number of carbonyl (C=O) groups excluding carboxylic acids is 1. The number of thioether (sulfide) groups is 1. The SMILES string of the molecule is CC1CCCC(NC(=O)NCC2CCCCS2)(C(=O)O)C1. The third-order valence-electron chi connectivity index (χ3n) is 4.52. The van der Waals surface area contributed by atoms with Gasteiger partial charge in [0.05, 0.1) is 0 Å². The van der Waals surface area contributed by atoms with Gasteiger partial charge in [-0.25, -0.2) is 9.59 Å². The fourth-order valence-corrected chi connectivity index (χ4v) is 4.59. The van der Waals surface area contributed by atoms with Crippen molar-refractivity contribution in [3.05, 3.63) is 0 Å². The Morgan fingerprint density at radius 1 is 1.29 bits per heavy atom. The van der Waals surface area contributed by atoms with Crippen LogP contribution in [0, 0.1) is 5.92 Å². The summed E-state index contributed by atoms with van der Waals surface area (Å²) in [6.07, 6.45) is 6.55. The standard InChI is InChI=1S/C15H26N2O3S/c1-11-5-4-7-15(9-11,13(18)19)17-14(20)16-10-12-6-2-3-8-21-12/h11-12H,2-10H2,1H3,(H,18,19)(H2,16,17,20). The molecule has 120 valence electrons. The van der Waals surface area contributed by atoms with Gasteiger partial charge in [0.25, 0.3) is 0 Å². The molecule has 0 aromatic rings. The van der Waals surface area contributed by atoms with Crippen LogP contribution in [0.25, 0.3) is 0 Å². The number of aliphatic carboxylic acids is 1. The maximum absolute atomic E-state index is 12.1. The Balaban J connectivity index is 1.84. The van der Waals surface area contributed by atoms with Crippen LogP contribution in [-0.4, -0.2) is 40.2 Å². The fraction of sp³-hybridized carbons (Fsp3) is 0.867. The van der Waals surface area contributed by atoms with Gasteiger partial charge < -0.3 is 15.7 Å². The highest BCUT2D eigenvalue weighted by molar-refractivity contribution is 7.99. The number of amides is 2. The minimum absolute atomic E-state index is 0.335. The molecule has 21 heavy (non-hydrogen) atoms. The molecule has 0 spiro atoms. The van der Waals surface area contributed by atoms with Crippen molar-refractivity contribution < 1.29 is 14.7 Å². The minimum Gasteiger partial charge on any atom is -0.480 e. The number of rotatable bonds is 4. The van der Waals surface area contributed by atoms with E-state index in [1.165, 1.54) is 12.8 Å². The Morgan fingerprint density at radius 2 is 2.10 bits per heavy atom. The number of nitrogens with one attached hydrogen (secondary N) is 2. The Bertz CT molecular complexity index is 385. The summed E-state index contributed by atoms with van der Waals surface area (Å²) in [6.45, 7) is 2.68. The van der Waals surface area contributed by atoms with E-state index in [4.69, 9.17) is 0 Å². The first-order valence-electron chi connectivity index (χ1n) is 7.93. The molecule has 1 heterocycles. The maximum Gasteiger partial charge on any atom is 0.329 e. The molecule has 2 amide bonds. The van der Waals surface area contributed by atoms with Gasteiger partial charge in [-0.1, -0.05) is 26.2 Å². The van der Waals surface area contributed by atoms with Gasteiger partial charge in [-0.2, -0.15) is 11.8 Å². The molecule has 1 saturated carbocycles. The Hall–Kier alpha value is -0.910. The molecular weight excluding hydrogens is 288 g/mol. The average molecular weight is 314 g/mol. The predicted molar refractivity (Wildman–Crippen MR) is 84.6 cm³/mol. The number of hydrogen-bond donors (Lipinski definition) is 3. The van der Waals surface area contributed by atoms with Crippen LogP contribution in [0.5, 0.6) is 0 Å². The molecule has 2 fully saturated rings. The van der Waals surface area contributed by atoms with Gasteiger partial charge in [-0.15, -0.1) is 0 Å². The summed E-state index contributed by atoms with van der Waals surface area (Å²) in [7, 11) is 0. The molecule has 3 N–H and O–H groups in total. The Morgan fingerprint density at radius 3 is 2.71 bits per heavy atom. The fourth-order valence-electron chi connectivity index (χ4n) is 3.35. The molecule has 0 bridgehead atoms. The summed E-state index contributed by atoms with van der Waals surface area (Å²) in [5, 5.41) is 15.6. The normalized spacial score (nSPS) is 33.2. The molecule has 3 unspecified atom stereocenters. The second-order valence-corrected chi connectivity index (χ2v) is 7.82. The van der Waals surface area contributed by atoms with E-state index in [-0.39, 0.29) is 6.03 Å². The Labute approximate surface area is 130 Å². The van der Waals surface area contributed by atoms with Gasteiger partial charge in [0.1, 0.15) is 5.54 Å². The van der Waals surface area contributed by atoms with Crippen LogP contribution in [0.15, 0.2) is 0 Å². The topological polar surface area (TPSA) is 78.4 Å². The van der Waals surface area contributed by atoms with Gasteiger partial charge in [0, 0.05) is 11.8 Å². The van der Waals surface area contributed by atoms with Crippen molar-refractivity contribution in [1.82, 2.24) is 10.6 Å². The molecule has 6 heteroatoms. The highest BCUT2D eigenvalue weighted by Gasteiger charge is 2.43. The second-order valence-electron chi connectivity index (χ2n) is 6.41. The summed E-state index contributed by atoms with van der Waals surface area (Å²) in [5.41, 5.74) is -1.08. The molecule has 1 aliphatic carbocycles. The minimum atomic E-state index is -1.08. The van der Waals surface area contributed by atoms with Gasteiger partial charge in [0.2, 0.25) is 0 Å². The lowest BCUT2D eigenvalue weighted by atomic mass is 9.76. The van der Waals surface area contributed by atoms with Crippen molar-refractivity contribution in [3.8, 4) is 0 Å². The number of carbonyl (C=O) groups is 2. The summed E-state index contributed by atoms with van der Waals surface area (Å²) in [5.74, 6) is 0.588. The lowest BCUT2D eigenvalue weighted by molar-refractivity contribution is -0.146. The van der Waals surface area contributed by atoms with E-state index < -0.39 is 11.5 Å². The molecule has 1 saturated heterocycles. The van der Waals surface area contributed by atoms with Crippen molar-refractivity contribution in [2.45, 2.75) is 62.7 Å². The van der Waals surface area contributed by atoms with Crippen LogP contribution in [0.3, 0.4) is 0 Å². The highest BCUT2D eigenvalue weighted by Crippen LogP contribution is 2.32. The van der Waals surface area contributed by atoms with Crippen LogP contribution in [0.1, 0.15) is 51.9 Å². The molecular formula is C15H26N2O3S. The summed E-state index contributed by atoms with van der Waals surface area (Å²) in [4.78, 5) is 23.7. The first-order chi connectivity index (χ1) is 10.0. The van der Waals surface area contributed by atoms with E-state index in [1.807, 2.05) is 11.8 Å². The molecule has 0 aromatic carbocycles. The number of urea groups is 1. The zero-order chi connectivity index (χ0) is 15.3. The van der Waals surface area contributed by atoms with Crippen LogP contribution in [0.2, 0.25) is 0 Å². The molecule has 3 atom stereocenters. The number of hydrogen-bond acceptors (Lipinski definition) is 3. The van der Waals surface area contributed by atoms with E-state index in [0.29, 0.717) is 30.6 Å². The van der Waals surface area contributed by atoms with E-state index >= 15 is 0 Å². The first-order valence-corrected chi connectivity index (χ1v) is 8.98. The quantitative estimate of drug-likeness (QED) is 0.745. The smallest absolute Gasteiger partial charge is 0.329 e. The van der Waals surface area contributed by atoms with Gasteiger partial charge >= 0.3 is 12.0 Å². The number of carboxylic acids is 1. The van der Waals surface area contributed by atoms with Crippen LogP contribution in [0.4, 0.5) is 4.79 Å². The van der Waals surface area contributed by atoms with Gasteiger partial charge in [0.15, 0.2) is 0 Å². The van der Waals surface area contributed by atoms with E-state index in [2.05, 4.69) is 17.6 Å². The zero-order valence-electron chi connectivity index (χ0n) is 12.7. The number of carboxylic acid groups (broad SMARTS) is 1. The van der Waals surface area contributed by atoms with E-state index in [9.17, 15) is 14.7 Å². The van der Waals surface area contributed by atoms with Gasteiger partial charge in [-0.05, 0) is 37.4 Å². The van der Waals surface area contributed by atoms with Crippen LogP contribution >= 0.6 is 11.8 Å². The van der Waals surface area contributed by atoms with Crippen molar-refractivity contribution in [3.63, 3.8) is 0 Å². The van der Waals surface area contributed by atoms with E-state index in [1.54, 1.807) is 0 Å². The zero-order valence-corrected chi connectivity index (χ0v) is 13.5. The predicted octanol–water partition coefficient (Wildman–Crippen LogP) is 2.60. The van der Waals surface area contributed by atoms with Crippen molar-refractivity contribution >= 4 is 23.8 Å². The van der Waals surface area contributed by atoms with Gasteiger partial charge in [-0.3, -0.25) is 0 Å². The molecule has 2 aliphatic rings. The lowest BCUT2D eigenvalue weighted by Gasteiger charge is -2.37. The van der Waals surface area contributed by atoms with Crippen molar-refractivity contribution in [2.24, 2.45) is 5.92 Å². The monoisotopic (exact) mass is 314 g/mol.